The summed E-state index contributed by atoms with van der Waals surface area (Å²) in [6.07, 6.45) is 2.07. The predicted molar refractivity (Wildman–Crippen MR) is 43.0 cm³/mol. The molecule has 2 bridgehead atoms. The van der Waals surface area contributed by atoms with E-state index in [4.69, 9.17) is 5.73 Å². The van der Waals surface area contributed by atoms with Gasteiger partial charge in [0.15, 0.2) is 0 Å². The summed E-state index contributed by atoms with van der Waals surface area (Å²) < 4.78 is 0. The van der Waals surface area contributed by atoms with Gasteiger partial charge in [0.2, 0.25) is 0 Å². The van der Waals surface area contributed by atoms with Crippen LogP contribution in [0.3, 0.4) is 0 Å². The van der Waals surface area contributed by atoms with Gasteiger partial charge < -0.3 is 5.73 Å². The summed E-state index contributed by atoms with van der Waals surface area (Å²) in [6, 6.07) is 0. The Labute approximate surface area is 67.1 Å². The van der Waals surface area contributed by atoms with Crippen molar-refractivity contribution >= 4 is 5.78 Å². The van der Waals surface area contributed by atoms with E-state index in [1.165, 1.54) is 0 Å². The molecule has 0 aromatic rings. The monoisotopic (exact) mass is 153 g/mol. The standard InChI is InChI=1S/C9H15NO/c1-5-3-6-4-7(8(5)11)9(6,2)10/h5-7H,3-4,10H2,1-2H3/t5-,6?,7?,9?/m1/s1. The van der Waals surface area contributed by atoms with E-state index in [2.05, 4.69) is 0 Å². The zero-order valence-electron chi connectivity index (χ0n) is 7.13. The molecule has 3 aliphatic rings. The molecule has 0 heterocycles. The van der Waals surface area contributed by atoms with Gasteiger partial charge in [0.25, 0.3) is 0 Å². The fourth-order valence-corrected chi connectivity index (χ4v) is 2.58. The molecule has 4 atom stereocenters. The molecule has 2 N–H and O–H groups in total. The SMILES string of the molecule is C[C@@H]1CC2CC(C1=O)C2(C)N. The van der Waals surface area contributed by atoms with Gasteiger partial charge in [-0.15, -0.1) is 0 Å². The van der Waals surface area contributed by atoms with Crippen molar-refractivity contribution in [1.82, 2.24) is 0 Å². The molecule has 2 nitrogen and oxygen atoms in total. The largest absolute Gasteiger partial charge is 0.324 e. The Bertz CT molecular complexity index is 210. The first-order chi connectivity index (χ1) is 5.03. The third-order valence-corrected chi connectivity index (χ3v) is 3.62. The van der Waals surface area contributed by atoms with E-state index in [1.807, 2.05) is 13.8 Å². The van der Waals surface area contributed by atoms with Gasteiger partial charge in [0.05, 0.1) is 0 Å². The highest BCUT2D eigenvalue weighted by Gasteiger charge is 2.57. The highest BCUT2D eigenvalue weighted by molar-refractivity contribution is 5.87. The Kier molecular flexibility index (Phi) is 1.23. The Morgan fingerprint density at radius 1 is 1.55 bits per heavy atom. The van der Waals surface area contributed by atoms with Gasteiger partial charge >= 0.3 is 0 Å². The van der Waals surface area contributed by atoms with E-state index in [-0.39, 0.29) is 17.4 Å². The zero-order valence-corrected chi connectivity index (χ0v) is 7.13. The molecule has 62 valence electrons. The second kappa shape index (κ2) is 1.86. The molecule has 0 amide bonds. The Morgan fingerprint density at radius 3 is 2.55 bits per heavy atom. The molecule has 3 aliphatic carbocycles. The Morgan fingerprint density at radius 2 is 2.18 bits per heavy atom. The number of carbonyl (C=O) groups is 1. The lowest BCUT2D eigenvalue weighted by molar-refractivity contribution is -0.145. The van der Waals surface area contributed by atoms with Crippen molar-refractivity contribution in [3.8, 4) is 0 Å². The molecule has 3 rings (SSSR count). The van der Waals surface area contributed by atoms with E-state index < -0.39 is 0 Å². The van der Waals surface area contributed by atoms with Crippen LogP contribution in [0.1, 0.15) is 26.7 Å². The molecule has 0 spiro atoms. The maximum Gasteiger partial charge on any atom is 0.140 e. The zero-order chi connectivity index (χ0) is 8.22. The quantitative estimate of drug-likeness (QED) is 0.563. The summed E-state index contributed by atoms with van der Waals surface area (Å²) in [5, 5.41) is 0. The van der Waals surface area contributed by atoms with Gasteiger partial charge in [0.1, 0.15) is 5.78 Å². The van der Waals surface area contributed by atoms with Crippen molar-refractivity contribution in [3.05, 3.63) is 0 Å². The highest BCUT2D eigenvalue weighted by atomic mass is 16.1. The summed E-state index contributed by atoms with van der Waals surface area (Å²) in [5.74, 6) is 1.46. The van der Waals surface area contributed by atoms with Crippen LogP contribution in [0.4, 0.5) is 0 Å². The number of carbonyl (C=O) groups excluding carboxylic acids is 1. The summed E-state index contributed by atoms with van der Waals surface area (Å²) >= 11 is 0. The van der Waals surface area contributed by atoms with E-state index in [0.29, 0.717) is 11.7 Å². The molecule has 0 saturated heterocycles. The molecular formula is C9H15NO. The van der Waals surface area contributed by atoms with E-state index in [1.54, 1.807) is 0 Å². The van der Waals surface area contributed by atoms with Crippen LogP contribution in [-0.4, -0.2) is 11.3 Å². The van der Waals surface area contributed by atoms with Crippen LogP contribution in [0.25, 0.3) is 0 Å². The molecule has 11 heavy (non-hydrogen) atoms. The first-order valence-corrected chi connectivity index (χ1v) is 4.36. The lowest BCUT2D eigenvalue weighted by Gasteiger charge is -2.56. The van der Waals surface area contributed by atoms with Crippen molar-refractivity contribution in [3.63, 3.8) is 0 Å². The first-order valence-electron chi connectivity index (χ1n) is 4.36. The third kappa shape index (κ3) is 0.734. The van der Waals surface area contributed by atoms with Crippen LogP contribution in [0, 0.1) is 17.8 Å². The van der Waals surface area contributed by atoms with Crippen LogP contribution in [0.5, 0.6) is 0 Å². The number of Topliss-reactive ketones (excluding diaryl/α,β-unsaturated/α-hetero) is 1. The van der Waals surface area contributed by atoms with Gasteiger partial charge in [-0.2, -0.15) is 0 Å². The summed E-state index contributed by atoms with van der Waals surface area (Å²) in [6.45, 7) is 4.05. The molecule has 0 aromatic heterocycles. The van der Waals surface area contributed by atoms with E-state index in [0.717, 1.165) is 12.8 Å². The first kappa shape index (κ1) is 7.29. The van der Waals surface area contributed by atoms with Crippen molar-refractivity contribution in [2.75, 3.05) is 0 Å². The van der Waals surface area contributed by atoms with Crippen LogP contribution >= 0.6 is 0 Å². The summed E-state index contributed by atoms with van der Waals surface area (Å²) in [7, 11) is 0. The number of rotatable bonds is 0. The fourth-order valence-electron chi connectivity index (χ4n) is 2.58. The van der Waals surface area contributed by atoms with Crippen LogP contribution in [-0.2, 0) is 4.79 Å². The second-order valence-corrected chi connectivity index (χ2v) is 4.39. The van der Waals surface area contributed by atoms with Gasteiger partial charge in [-0.05, 0) is 25.7 Å². The minimum Gasteiger partial charge on any atom is -0.324 e. The van der Waals surface area contributed by atoms with Crippen molar-refractivity contribution in [2.24, 2.45) is 23.5 Å². The van der Waals surface area contributed by atoms with Crippen LogP contribution in [0.15, 0.2) is 0 Å². The fraction of sp³-hybridized carbons (Fsp3) is 0.889. The molecule has 3 fully saturated rings. The van der Waals surface area contributed by atoms with Gasteiger partial charge in [-0.1, -0.05) is 6.92 Å². The molecular weight excluding hydrogens is 138 g/mol. The lowest BCUT2D eigenvalue weighted by atomic mass is 9.50. The highest BCUT2D eigenvalue weighted by Crippen LogP contribution is 2.51. The smallest absolute Gasteiger partial charge is 0.140 e. The number of hydrogen-bond donors (Lipinski definition) is 1. The topological polar surface area (TPSA) is 43.1 Å². The minimum atomic E-state index is -0.163. The van der Waals surface area contributed by atoms with Gasteiger partial charge in [-0.25, -0.2) is 0 Å². The lowest BCUT2D eigenvalue weighted by Crippen LogP contribution is -2.67. The average Bonchev–Trinajstić information content (AvgIpc) is 1.93. The maximum absolute atomic E-state index is 11.5. The molecule has 3 saturated carbocycles. The predicted octanol–water partition coefficient (Wildman–Crippen LogP) is 0.949. The van der Waals surface area contributed by atoms with Crippen molar-refractivity contribution in [1.29, 1.82) is 0 Å². The van der Waals surface area contributed by atoms with Crippen LogP contribution < -0.4 is 5.73 Å². The van der Waals surface area contributed by atoms with Crippen molar-refractivity contribution < 1.29 is 4.79 Å². The number of hydrogen-bond acceptors (Lipinski definition) is 2. The Hall–Kier alpha value is -0.370. The van der Waals surface area contributed by atoms with E-state index >= 15 is 0 Å². The number of fused-ring (bicyclic) bond motifs is 2. The van der Waals surface area contributed by atoms with Crippen LogP contribution in [0.2, 0.25) is 0 Å². The summed E-state index contributed by atoms with van der Waals surface area (Å²) in [5.41, 5.74) is 5.84. The van der Waals surface area contributed by atoms with Gasteiger partial charge in [0, 0.05) is 17.4 Å². The average molecular weight is 153 g/mol. The molecule has 0 radical (unpaired) electrons. The molecule has 0 aliphatic heterocycles. The molecule has 3 unspecified atom stereocenters. The van der Waals surface area contributed by atoms with Gasteiger partial charge in [-0.3, -0.25) is 4.79 Å². The minimum absolute atomic E-state index is 0.163. The maximum atomic E-state index is 11.5. The number of ketones is 1. The molecule has 2 heteroatoms. The van der Waals surface area contributed by atoms with E-state index in [9.17, 15) is 4.79 Å². The second-order valence-electron chi connectivity index (χ2n) is 4.39. The van der Waals surface area contributed by atoms with Crippen molar-refractivity contribution in [2.45, 2.75) is 32.2 Å². The Balaban J connectivity index is 2.23. The molecule has 0 aromatic carbocycles. The number of nitrogens with two attached hydrogens (primary N) is 1. The normalized spacial score (nSPS) is 55.5. The summed E-state index contributed by atoms with van der Waals surface area (Å²) in [4.78, 5) is 11.5. The third-order valence-electron chi connectivity index (χ3n) is 3.62.